The summed E-state index contributed by atoms with van der Waals surface area (Å²) in [5.41, 5.74) is 1.89. The molecule has 116 valence electrons. The zero-order valence-electron chi connectivity index (χ0n) is 12.4. The molecule has 3 aromatic rings. The van der Waals surface area contributed by atoms with E-state index >= 15 is 0 Å². The molecule has 0 aliphatic rings. The highest BCUT2D eigenvalue weighted by Gasteiger charge is 2.17. The number of halogens is 1. The highest BCUT2D eigenvalue weighted by atomic mass is 19.1. The number of carbonyl (C=O) groups excluding carboxylic acids is 1. The second-order valence-electron chi connectivity index (χ2n) is 5.06. The van der Waals surface area contributed by atoms with Gasteiger partial charge in [0.15, 0.2) is 0 Å². The minimum Gasteiger partial charge on any atom is -0.350 e. The van der Waals surface area contributed by atoms with Gasteiger partial charge in [-0.15, -0.1) is 0 Å². The number of carbonyl (C=O) groups is 1. The Balaban J connectivity index is 1.74. The van der Waals surface area contributed by atoms with Crippen LogP contribution in [0.1, 0.15) is 29.1 Å². The summed E-state index contributed by atoms with van der Waals surface area (Å²) < 4.78 is 18.3. The molecule has 2 aromatic heterocycles. The first-order valence-corrected chi connectivity index (χ1v) is 7.07. The summed E-state index contributed by atoms with van der Waals surface area (Å²) in [6.07, 6.45) is 3.32. The van der Waals surface area contributed by atoms with Crippen LogP contribution in [-0.2, 0) is 0 Å². The summed E-state index contributed by atoms with van der Waals surface area (Å²) >= 11 is 0. The lowest BCUT2D eigenvalue weighted by atomic mass is 10.1. The molecule has 0 saturated carbocycles. The number of pyridine rings is 1. The van der Waals surface area contributed by atoms with E-state index in [4.69, 9.17) is 4.52 Å². The lowest BCUT2D eigenvalue weighted by Crippen LogP contribution is -2.26. The standard InChI is InChI=1S/C17H14FN3O2/c1-11(12-5-7-19-8-6-12)20-17(22)16-10-15(21-23-16)13-3-2-4-14(18)9-13/h2-11H,1H3,(H,20,22). The average molecular weight is 311 g/mol. The Kier molecular flexibility index (Phi) is 4.14. The van der Waals surface area contributed by atoms with Crippen molar-refractivity contribution in [2.45, 2.75) is 13.0 Å². The second-order valence-corrected chi connectivity index (χ2v) is 5.06. The van der Waals surface area contributed by atoms with Crippen LogP contribution in [-0.4, -0.2) is 16.0 Å². The fraction of sp³-hybridized carbons (Fsp3) is 0.118. The summed E-state index contributed by atoms with van der Waals surface area (Å²) in [4.78, 5) is 16.1. The van der Waals surface area contributed by atoms with E-state index in [0.29, 0.717) is 11.3 Å². The van der Waals surface area contributed by atoms with E-state index in [1.54, 1.807) is 24.5 Å². The zero-order chi connectivity index (χ0) is 16.2. The van der Waals surface area contributed by atoms with E-state index in [9.17, 15) is 9.18 Å². The maximum absolute atomic E-state index is 13.2. The molecule has 23 heavy (non-hydrogen) atoms. The quantitative estimate of drug-likeness (QED) is 0.802. The number of amides is 1. The summed E-state index contributed by atoms with van der Waals surface area (Å²) in [5.74, 6) is -0.683. The van der Waals surface area contributed by atoms with E-state index in [0.717, 1.165) is 5.56 Å². The van der Waals surface area contributed by atoms with Crippen molar-refractivity contribution >= 4 is 5.91 Å². The maximum atomic E-state index is 13.2. The lowest BCUT2D eigenvalue weighted by molar-refractivity contribution is 0.0902. The van der Waals surface area contributed by atoms with Gasteiger partial charge >= 0.3 is 0 Å². The van der Waals surface area contributed by atoms with Crippen molar-refractivity contribution in [1.82, 2.24) is 15.5 Å². The fourth-order valence-corrected chi connectivity index (χ4v) is 2.17. The average Bonchev–Trinajstić information content (AvgIpc) is 3.06. The molecule has 1 aromatic carbocycles. The lowest BCUT2D eigenvalue weighted by Gasteiger charge is -2.12. The topological polar surface area (TPSA) is 68.0 Å². The van der Waals surface area contributed by atoms with Gasteiger partial charge in [0, 0.05) is 24.0 Å². The molecule has 0 aliphatic carbocycles. The van der Waals surface area contributed by atoms with Gasteiger partial charge in [0.1, 0.15) is 11.5 Å². The number of nitrogens with zero attached hydrogens (tertiary/aromatic N) is 2. The molecule has 5 nitrogen and oxygen atoms in total. The summed E-state index contributed by atoms with van der Waals surface area (Å²) in [5, 5.41) is 6.63. The molecular formula is C17H14FN3O2. The first kappa shape index (κ1) is 14.9. The predicted molar refractivity (Wildman–Crippen MR) is 82.0 cm³/mol. The van der Waals surface area contributed by atoms with Gasteiger partial charge in [-0.3, -0.25) is 9.78 Å². The molecule has 1 unspecified atom stereocenters. The Labute approximate surface area is 132 Å². The molecule has 0 aliphatic heterocycles. The monoisotopic (exact) mass is 311 g/mol. The van der Waals surface area contributed by atoms with E-state index in [1.807, 2.05) is 19.1 Å². The van der Waals surface area contributed by atoms with E-state index in [1.165, 1.54) is 18.2 Å². The summed E-state index contributed by atoms with van der Waals surface area (Å²) in [6, 6.07) is 10.9. The molecule has 0 bridgehead atoms. The Morgan fingerprint density at radius 1 is 1.22 bits per heavy atom. The van der Waals surface area contributed by atoms with Crippen LogP contribution in [0.25, 0.3) is 11.3 Å². The van der Waals surface area contributed by atoms with Crippen LogP contribution >= 0.6 is 0 Å². The van der Waals surface area contributed by atoms with E-state index < -0.39 is 0 Å². The first-order chi connectivity index (χ1) is 11.1. The molecule has 2 heterocycles. The SMILES string of the molecule is CC(NC(=O)c1cc(-c2cccc(F)c2)no1)c1ccncc1. The summed E-state index contributed by atoms with van der Waals surface area (Å²) in [6.45, 7) is 1.86. The Morgan fingerprint density at radius 3 is 2.74 bits per heavy atom. The Hall–Kier alpha value is -3.02. The minimum atomic E-state index is -0.385. The number of nitrogens with one attached hydrogen (secondary N) is 1. The summed E-state index contributed by atoms with van der Waals surface area (Å²) in [7, 11) is 0. The largest absolute Gasteiger partial charge is 0.350 e. The highest BCUT2D eigenvalue weighted by molar-refractivity contribution is 5.92. The van der Waals surface area contributed by atoms with Crippen molar-refractivity contribution in [2.75, 3.05) is 0 Å². The third-order valence-corrected chi connectivity index (χ3v) is 3.41. The molecule has 3 rings (SSSR count). The normalized spacial score (nSPS) is 11.9. The smallest absolute Gasteiger partial charge is 0.290 e. The molecule has 0 saturated heterocycles. The van der Waals surface area contributed by atoms with Gasteiger partial charge in [0.2, 0.25) is 5.76 Å². The van der Waals surface area contributed by atoms with Crippen molar-refractivity contribution in [3.8, 4) is 11.3 Å². The molecule has 1 amide bonds. The van der Waals surface area contributed by atoms with E-state index in [2.05, 4.69) is 15.5 Å². The van der Waals surface area contributed by atoms with Crippen molar-refractivity contribution < 1.29 is 13.7 Å². The molecule has 1 atom stereocenters. The second kappa shape index (κ2) is 6.39. The van der Waals surface area contributed by atoms with Crippen LogP contribution in [0, 0.1) is 5.82 Å². The van der Waals surface area contributed by atoms with Crippen molar-refractivity contribution in [3.05, 3.63) is 72.0 Å². The van der Waals surface area contributed by atoms with Gasteiger partial charge in [0.05, 0.1) is 6.04 Å². The van der Waals surface area contributed by atoms with Crippen molar-refractivity contribution in [1.29, 1.82) is 0 Å². The minimum absolute atomic E-state index is 0.0742. The predicted octanol–water partition coefficient (Wildman–Crippen LogP) is 3.37. The van der Waals surface area contributed by atoms with Crippen LogP contribution < -0.4 is 5.32 Å². The van der Waals surface area contributed by atoms with Crippen LogP contribution in [0.15, 0.2) is 59.4 Å². The van der Waals surface area contributed by atoms with Crippen LogP contribution in [0.4, 0.5) is 4.39 Å². The maximum Gasteiger partial charge on any atom is 0.290 e. The third-order valence-electron chi connectivity index (χ3n) is 3.41. The van der Waals surface area contributed by atoms with Gasteiger partial charge in [-0.2, -0.15) is 0 Å². The van der Waals surface area contributed by atoms with Crippen molar-refractivity contribution in [2.24, 2.45) is 0 Å². The van der Waals surface area contributed by atoms with E-state index in [-0.39, 0.29) is 23.5 Å². The van der Waals surface area contributed by atoms with Crippen molar-refractivity contribution in [3.63, 3.8) is 0 Å². The molecule has 0 fully saturated rings. The molecule has 1 N–H and O–H groups in total. The fourth-order valence-electron chi connectivity index (χ4n) is 2.17. The Bertz CT molecular complexity index is 817. The van der Waals surface area contributed by atoms with Gasteiger partial charge in [0.25, 0.3) is 5.91 Å². The zero-order valence-corrected chi connectivity index (χ0v) is 12.4. The number of hydrogen-bond acceptors (Lipinski definition) is 4. The van der Waals surface area contributed by atoms with Gasteiger partial charge in [-0.05, 0) is 36.8 Å². The highest BCUT2D eigenvalue weighted by Crippen LogP contribution is 2.20. The van der Waals surface area contributed by atoms with Crippen LogP contribution in [0.5, 0.6) is 0 Å². The molecule has 0 radical (unpaired) electrons. The van der Waals surface area contributed by atoms with Gasteiger partial charge in [-0.25, -0.2) is 4.39 Å². The van der Waals surface area contributed by atoms with Crippen LogP contribution in [0.3, 0.4) is 0 Å². The molecule has 6 heteroatoms. The first-order valence-electron chi connectivity index (χ1n) is 7.07. The number of hydrogen-bond donors (Lipinski definition) is 1. The molecule has 0 spiro atoms. The van der Waals surface area contributed by atoms with Crippen LogP contribution in [0.2, 0.25) is 0 Å². The molecular weight excluding hydrogens is 297 g/mol. The van der Waals surface area contributed by atoms with Gasteiger partial charge in [-0.1, -0.05) is 17.3 Å². The van der Waals surface area contributed by atoms with Gasteiger partial charge < -0.3 is 9.84 Å². The number of rotatable bonds is 4. The third kappa shape index (κ3) is 3.42. The number of aromatic nitrogens is 2. The number of benzene rings is 1. The Morgan fingerprint density at radius 2 is 2.00 bits per heavy atom.